The van der Waals surface area contributed by atoms with Gasteiger partial charge in [-0.1, -0.05) is 45.4 Å². The number of ether oxygens (including phenoxy) is 1. The van der Waals surface area contributed by atoms with Crippen molar-refractivity contribution in [3.8, 4) is 5.75 Å². The second kappa shape index (κ2) is 10.3. The molecule has 0 saturated carbocycles. The van der Waals surface area contributed by atoms with Gasteiger partial charge in [-0.2, -0.15) is 0 Å². The van der Waals surface area contributed by atoms with Crippen molar-refractivity contribution in [2.24, 2.45) is 11.8 Å². The van der Waals surface area contributed by atoms with Crippen LogP contribution in [0.2, 0.25) is 0 Å². The van der Waals surface area contributed by atoms with Crippen LogP contribution in [0, 0.1) is 18.8 Å². The Morgan fingerprint density at radius 2 is 1.87 bits per heavy atom. The standard InChI is InChI=1S/C25H34N2O3S/c1-17(2)14-26(25(29)18(3)4)15-24(28)27-12-10-23-21(11-13-31-23)22(27)16-30-20-8-6-19(5)7-9-20/h6-9,11,13,17-18,22H,10,12,14-16H2,1-5H3/t22-/m1/s1. The molecule has 5 nitrogen and oxygen atoms in total. The molecule has 6 heteroatoms. The average Bonchev–Trinajstić information content (AvgIpc) is 3.20. The first kappa shape index (κ1) is 23.3. The molecule has 0 bridgehead atoms. The van der Waals surface area contributed by atoms with E-state index in [9.17, 15) is 9.59 Å². The van der Waals surface area contributed by atoms with Crippen LogP contribution in [-0.4, -0.2) is 47.9 Å². The molecule has 2 amide bonds. The second-order valence-corrected chi connectivity index (χ2v) is 10.0. The molecule has 0 radical (unpaired) electrons. The summed E-state index contributed by atoms with van der Waals surface area (Å²) >= 11 is 1.74. The van der Waals surface area contributed by atoms with Crippen molar-refractivity contribution < 1.29 is 14.3 Å². The Labute approximate surface area is 190 Å². The molecule has 0 N–H and O–H groups in total. The zero-order chi connectivity index (χ0) is 22.5. The number of rotatable bonds is 8. The molecule has 0 spiro atoms. The Balaban J connectivity index is 1.77. The van der Waals surface area contributed by atoms with Gasteiger partial charge < -0.3 is 14.5 Å². The summed E-state index contributed by atoms with van der Waals surface area (Å²) in [6.45, 7) is 11.7. The molecule has 2 heterocycles. The first-order valence-electron chi connectivity index (χ1n) is 11.1. The zero-order valence-corrected chi connectivity index (χ0v) is 20.1. The Hall–Kier alpha value is -2.34. The summed E-state index contributed by atoms with van der Waals surface area (Å²) in [4.78, 5) is 31.0. The molecule has 1 aliphatic heterocycles. The third-order valence-electron chi connectivity index (χ3n) is 5.56. The fourth-order valence-corrected chi connectivity index (χ4v) is 4.90. The van der Waals surface area contributed by atoms with Gasteiger partial charge in [0.05, 0.1) is 12.6 Å². The molecule has 1 aromatic carbocycles. The van der Waals surface area contributed by atoms with Gasteiger partial charge in [0.25, 0.3) is 0 Å². The molecule has 168 valence electrons. The van der Waals surface area contributed by atoms with Crippen LogP contribution in [0.25, 0.3) is 0 Å². The maximum atomic E-state index is 13.4. The van der Waals surface area contributed by atoms with Crippen LogP contribution in [0.1, 0.15) is 49.7 Å². The fourth-order valence-electron chi connectivity index (χ4n) is 3.98. The van der Waals surface area contributed by atoms with Crippen LogP contribution in [-0.2, 0) is 16.0 Å². The lowest BCUT2D eigenvalue weighted by atomic mass is 10.00. The highest BCUT2D eigenvalue weighted by Gasteiger charge is 2.33. The van der Waals surface area contributed by atoms with E-state index >= 15 is 0 Å². The van der Waals surface area contributed by atoms with Crippen LogP contribution < -0.4 is 4.74 Å². The van der Waals surface area contributed by atoms with Crippen LogP contribution in [0.3, 0.4) is 0 Å². The van der Waals surface area contributed by atoms with Crippen LogP contribution in [0.15, 0.2) is 35.7 Å². The van der Waals surface area contributed by atoms with E-state index in [1.165, 1.54) is 16.0 Å². The van der Waals surface area contributed by atoms with Gasteiger partial charge in [-0.25, -0.2) is 0 Å². The summed E-state index contributed by atoms with van der Waals surface area (Å²) in [5.41, 5.74) is 2.35. The number of hydrogen-bond donors (Lipinski definition) is 0. The summed E-state index contributed by atoms with van der Waals surface area (Å²) in [5.74, 6) is 1.00. The van der Waals surface area contributed by atoms with Gasteiger partial charge in [0.1, 0.15) is 12.4 Å². The van der Waals surface area contributed by atoms with E-state index in [1.54, 1.807) is 16.2 Å². The van der Waals surface area contributed by atoms with Crippen molar-refractivity contribution >= 4 is 23.2 Å². The van der Waals surface area contributed by atoms with Crippen molar-refractivity contribution in [3.63, 3.8) is 0 Å². The number of nitrogens with zero attached hydrogens (tertiary/aromatic N) is 2. The highest BCUT2D eigenvalue weighted by Crippen LogP contribution is 2.34. The van der Waals surface area contributed by atoms with Gasteiger partial charge in [0.15, 0.2) is 0 Å². The number of fused-ring (bicyclic) bond motifs is 1. The number of benzene rings is 1. The van der Waals surface area contributed by atoms with Gasteiger partial charge >= 0.3 is 0 Å². The molecule has 0 fully saturated rings. The Bertz CT molecular complexity index is 888. The molecule has 3 rings (SSSR count). The highest BCUT2D eigenvalue weighted by molar-refractivity contribution is 7.10. The molecule has 0 saturated heterocycles. The number of carbonyl (C=O) groups excluding carboxylic acids is 2. The summed E-state index contributed by atoms with van der Waals surface area (Å²) in [6.07, 6.45) is 0.849. The molecule has 1 aliphatic rings. The summed E-state index contributed by atoms with van der Waals surface area (Å²) in [6, 6.07) is 9.94. The first-order valence-corrected chi connectivity index (χ1v) is 12.0. The lowest BCUT2D eigenvalue weighted by molar-refractivity contribution is -0.144. The van der Waals surface area contributed by atoms with Crippen LogP contribution >= 0.6 is 11.3 Å². The summed E-state index contributed by atoms with van der Waals surface area (Å²) < 4.78 is 6.09. The van der Waals surface area contributed by atoms with Crippen molar-refractivity contribution in [2.75, 3.05) is 26.2 Å². The fraction of sp³-hybridized carbons (Fsp3) is 0.520. The van der Waals surface area contributed by atoms with Crippen LogP contribution in [0.5, 0.6) is 5.75 Å². The number of aryl methyl sites for hydroxylation is 1. The Morgan fingerprint density at radius 3 is 2.52 bits per heavy atom. The lowest BCUT2D eigenvalue weighted by Gasteiger charge is -2.37. The maximum absolute atomic E-state index is 13.4. The lowest BCUT2D eigenvalue weighted by Crippen LogP contribution is -2.49. The first-order chi connectivity index (χ1) is 14.8. The van der Waals surface area contributed by atoms with Crippen molar-refractivity contribution in [3.05, 3.63) is 51.7 Å². The van der Waals surface area contributed by atoms with Gasteiger partial charge in [0.2, 0.25) is 11.8 Å². The average molecular weight is 443 g/mol. The molecule has 31 heavy (non-hydrogen) atoms. The summed E-state index contributed by atoms with van der Waals surface area (Å²) in [7, 11) is 0. The Morgan fingerprint density at radius 1 is 1.16 bits per heavy atom. The van der Waals surface area contributed by atoms with E-state index in [0.717, 1.165) is 12.2 Å². The molecule has 1 aromatic heterocycles. The molecular formula is C25H34N2O3S. The quantitative estimate of drug-likeness (QED) is 0.595. The SMILES string of the molecule is Cc1ccc(OC[C@@H]2c3ccsc3CCN2C(=O)CN(CC(C)C)C(=O)C(C)C)cc1. The molecular weight excluding hydrogens is 408 g/mol. The second-order valence-electron chi connectivity index (χ2n) is 9.04. The van der Waals surface area contributed by atoms with Crippen molar-refractivity contribution in [1.82, 2.24) is 9.80 Å². The monoisotopic (exact) mass is 442 g/mol. The highest BCUT2D eigenvalue weighted by atomic mass is 32.1. The third-order valence-corrected chi connectivity index (χ3v) is 6.56. The van der Waals surface area contributed by atoms with E-state index in [2.05, 4.69) is 25.3 Å². The smallest absolute Gasteiger partial charge is 0.242 e. The number of amides is 2. The Kier molecular flexibility index (Phi) is 7.76. The predicted molar refractivity (Wildman–Crippen MR) is 125 cm³/mol. The predicted octanol–water partition coefficient (Wildman–Crippen LogP) is 4.70. The zero-order valence-electron chi connectivity index (χ0n) is 19.3. The van der Waals surface area contributed by atoms with E-state index in [1.807, 2.05) is 49.9 Å². The van der Waals surface area contributed by atoms with Gasteiger partial charge in [0, 0.05) is 23.9 Å². The van der Waals surface area contributed by atoms with Crippen molar-refractivity contribution in [2.45, 2.75) is 47.1 Å². The minimum Gasteiger partial charge on any atom is -0.491 e. The number of carbonyl (C=O) groups is 2. The topological polar surface area (TPSA) is 49.9 Å². The minimum atomic E-state index is -0.140. The van der Waals surface area contributed by atoms with Crippen LogP contribution in [0.4, 0.5) is 0 Å². The van der Waals surface area contributed by atoms with Gasteiger partial charge in [-0.3, -0.25) is 9.59 Å². The van der Waals surface area contributed by atoms with Gasteiger partial charge in [-0.15, -0.1) is 11.3 Å². The van der Waals surface area contributed by atoms with E-state index in [4.69, 9.17) is 4.74 Å². The number of hydrogen-bond acceptors (Lipinski definition) is 4. The summed E-state index contributed by atoms with van der Waals surface area (Å²) in [5, 5.41) is 2.09. The van der Waals surface area contributed by atoms with Gasteiger partial charge in [-0.05, 0) is 48.4 Å². The minimum absolute atomic E-state index is 0.0102. The molecule has 1 atom stereocenters. The normalized spacial score (nSPS) is 15.8. The molecule has 0 unspecified atom stereocenters. The van der Waals surface area contributed by atoms with E-state index < -0.39 is 0 Å². The number of thiophene rings is 1. The maximum Gasteiger partial charge on any atom is 0.242 e. The van der Waals surface area contributed by atoms with Crippen molar-refractivity contribution in [1.29, 1.82) is 0 Å². The van der Waals surface area contributed by atoms with E-state index in [0.29, 0.717) is 25.6 Å². The molecule has 0 aliphatic carbocycles. The third kappa shape index (κ3) is 5.88. The molecule has 2 aromatic rings. The van der Waals surface area contributed by atoms with E-state index in [-0.39, 0.29) is 30.3 Å². The largest absolute Gasteiger partial charge is 0.491 e.